The van der Waals surface area contributed by atoms with Gasteiger partial charge in [0.2, 0.25) is 11.8 Å². The Hall–Kier alpha value is -3.61. The fourth-order valence-corrected chi connectivity index (χ4v) is 3.15. The van der Waals surface area contributed by atoms with Gasteiger partial charge in [0.05, 0.1) is 7.11 Å². The molecule has 1 aromatic heterocycles. The second-order valence-corrected chi connectivity index (χ2v) is 6.70. The number of ether oxygens (including phenoxy) is 1. The average Bonchev–Trinajstić information content (AvgIpc) is 2.71. The standard InChI is InChI=1S/C22H22N2O5/c1-13-17-7-6-16(28-2)11-19(17)29-22(27)18(13)8-9-20(25)24-12-14-4-3-5-15(10-14)21(23)26/h3-7,10-11H,8-9,12H2,1-2H3,(H2,23,26)(H,24,25). The van der Waals surface area contributed by atoms with Crippen LogP contribution in [0.4, 0.5) is 0 Å². The maximum atomic E-state index is 12.4. The van der Waals surface area contributed by atoms with Gasteiger partial charge in [-0.3, -0.25) is 9.59 Å². The first kappa shape index (κ1) is 20.1. The molecule has 0 bridgehead atoms. The highest BCUT2D eigenvalue weighted by atomic mass is 16.5. The van der Waals surface area contributed by atoms with Gasteiger partial charge in [-0.05, 0) is 48.7 Å². The van der Waals surface area contributed by atoms with E-state index in [1.54, 1.807) is 43.5 Å². The zero-order chi connectivity index (χ0) is 21.0. The Morgan fingerprint density at radius 2 is 1.97 bits per heavy atom. The van der Waals surface area contributed by atoms with E-state index < -0.39 is 11.5 Å². The topological polar surface area (TPSA) is 112 Å². The number of benzene rings is 2. The van der Waals surface area contributed by atoms with Gasteiger partial charge in [0, 0.05) is 35.5 Å². The molecule has 0 fully saturated rings. The number of amides is 2. The number of nitrogens with one attached hydrogen (secondary N) is 1. The maximum Gasteiger partial charge on any atom is 0.339 e. The van der Waals surface area contributed by atoms with Crippen LogP contribution >= 0.6 is 0 Å². The third kappa shape index (κ3) is 4.63. The number of carbonyl (C=O) groups is 2. The van der Waals surface area contributed by atoms with Gasteiger partial charge in [-0.15, -0.1) is 0 Å². The molecule has 2 amide bonds. The van der Waals surface area contributed by atoms with Crippen LogP contribution in [0.15, 0.2) is 51.7 Å². The minimum Gasteiger partial charge on any atom is -0.497 e. The number of hydrogen-bond donors (Lipinski definition) is 2. The van der Waals surface area contributed by atoms with E-state index in [1.165, 1.54) is 0 Å². The zero-order valence-electron chi connectivity index (χ0n) is 16.3. The lowest BCUT2D eigenvalue weighted by Crippen LogP contribution is -2.24. The molecule has 0 aliphatic carbocycles. The van der Waals surface area contributed by atoms with Crippen molar-refractivity contribution in [3.8, 4) is 5.75 Å². The molecule has 7 nitrogen and oxygen atoms in total. The van der Waals surface area contributed by atoms with E-state index in [2.05, 4.69) is 5.32 Å². The highest BCUT2D eigenvalue weighted by Crippen LogP contribution is 2.24. The van der Waals surface area contributed by atoms with Gasteiger partial charge in [-0.25, -0.2) is 4.79 Å². The van der Waals surface area contributed by atoms with Gasteiger partial charge < -0.3 is 20.2 Å². The molecule has 150 valence electrons. The van der Waals surface area contributed by atoms with Crippen molar-refractivity contribution in [3.05, 3.63) is 75.1 Å². The van der Waals surface area contributed by atoms with Crippen molar-refractivity contribution in [2.24, 2.45) is 5.73 Å². The molecule has 3 rings (SSSR count). The van der Waals surface area contributed by atoms with E-state index in [0.29, 0.717) is 22.5 Å². The largest absolute Gasteiger partial charge is 0.497 e. The van der Waals surface area contributed by atoms with Crippen molar-refractivity contribution in [1.29, 1.82) is 0 Å². The molecule has 0 saturated heterocycles. The fraction of sp³-hybridized carbons (Fsp3) is 0.227. The molecule has 0 saturated carbocycles. The number of hydrogen-bond acceptors (Lipinski definition) is 5. The predicted molar refractivity (Wildman–Crippen MR) is 109 cm³/mol. The first-order chi connectivity index (χ1) is 13.9. The first-order valence-electron chi connectivity index (χ1n) is 9.15. The van der Waals surface area contributed by atoms with Crippen LogP contribution in [-0.2, 0) is 17.8 Å². The molecule has 2 aromatic carbocycles. The van der Waals surface area contributed by atoms with Gasteiger partial charge in [-0.2, -0.15) is 0 Å². The van der Waals surface area contributed by atoms with E-state index >= 15 is 0 Å². The molecule has 3 N–H and O–H groups in total. The number of aryl methyl sites for hydroxylation is 1. The summed E-state index contributed by atoms with van der Waals surface area (Å²) in [5.41, 5.74) is 7.69. The second kappa shape index (κ2) is 8.60. The molecular weight excluding hydrogens is 372 g/mol. The molecule has 0 spiro atoms. The van der Waals surface area contributed by atoms with E-state index in [9.17, 15) is 14.4 Å². The van der Waals surface area contributed by atoms with Crippen LogP contribution in [0.3, 0.4) is 0 Å². The molecular formula is C22H22N2O5. The molecule has 0 unspecified atom stereocenters. The van der Waals surface area contributed by atoms with E-state index in [0.717, 1.165) is 16.5 Å². The van der Waals surface area contributed by atoms with Crippen molar-refractivity contribution in [2.45, 2.75) is 26.3 Å². The lowest BCUT2D eigenvalue weighted by Gasteiger charge is -2.09. The summed E-state index contributed by atoms with van der Waals surface area (Å²) in [5, 5.41) is 3.60. The quantitative estimate of drug-likeness (QED) is 0.598. The normalized spacial score (nSPS) is 10.7. The van der Waals surface area contributed by atoms with Crippen LogP contribution < -0.4 is 21.4 Å². The van der Waals surface area contributed by atoms with E-state index in [-0.39, 0.29) is 25.3 Å². The summed E-state index contributed by atoms with van der Waals surface area (Å²) >= 11 is 0. The molecule has 3 aromatic rings. The Bertz CT molecular complexity index is 1130. The third-order valence-corrected chi connectivity index (χ3v) is 4.80. The summed E-state index contributed by atoms with van der Waals surface area (Å²) in [6.45, 7) is 2.11. The van der Waals surface area contributed by atoms with Crippen molar-refractivity contribution >= 4 is 22.8 Å². The van der Waals surface area contributed by atoms with Crippen molar-refractivity contribution in [1.82, 2.24) is 5.32 Å². The summed E-state index contributed by atoms with van der Waals surface area (Å²) in [6.07, 6.45) is 0.409. The summed E-state index contributed by atoms with van der Waals surface area (Å²) in [4.78, 5) is 35.8. The monoisotopic (exact) mass is 394 g/mol. The highest BCUT2D eigenvalue weighted by Gasteiger charge is 2.14. The number of nitrogens with two attached hydrogens (primary N) is 1. The van der Waals surface area contributed by atoms with Crippen LogP contribution in [0, 0.1) is 6.92 Å². The van der Waals surface area contributed by atoms with E-state index in [4.69, 9.17) is 14.9 Å². The van der Waals surface area contributed by atoms with Crippen molar-refractivity contribution in [2.75, 3.05) is 7.11 Å². The van der Waals surface area contributed by atoms with Crippen molar-refractivity contribution in [3.63, 3.8) is 0 Å². The second-order valence-electron chi connectivity index (χ2n) is 6.70. The zero-order valence-corrected chi connectivity index (χ0v) is 16.3. The minimum atomic E-state index is -0.519. The van der Waals surface area contributed by atoms with Crippen LogP contribution in [-0.4, -0.2) is 18.9 Å². The van der Waals surface area contributed by atoms with Crippen LogP contribution in [0.25, 0.3) is 11.0 Å². The van der Waals surface area contributed by atoms with Gasteiger partial charge in [0.1, 0.15) is 11.3 Å². The van der Waals surface area contributed by atoms with Gasteiger partial charge in [-0.1, -0.05) is 12.1 Å². The summed E-state index contributed by atoms with van der Waals surface area (Å²) < 4.78 is 10.6. The van der Waals surface area contributed by atoms with Crippen LogP contribution in [0.2, 0.25) is 0 Å². The van der Waals surface area contributed by atoms with Gasteiger partial charge >= 0.3 is 5.63 Å². The number of fused-ring (bicyclic) bond motifs is 1. The minimum absolute atomic E-state index is 0.142. The van der Waals surface area contributed by atoms with E-state index in [1.807, 2.05) is 13.0 Å². The smallest absolute Gasteiger partial charge is 0.339 e. The highest BCUT2D eigenvalue weighted by molar-refractivity contribution is 5.92. The average molecular weight is 394 g/mol. The molecule has 29 heavy (non-hydrogen) atoms. The number of primary amides is 1. The lowest BCUT2D eigenvalue weighted by atomic mass is 10.0. The summed E-state index contributed by atoms with van der Waals surface area (Å²) in [6, 6.07) is 12.1. The molecule has 7 heteroatoms. The maximum absolute atomic E-state index is 12.4. The molecule has 1 heterocycles. The SMILES string of the molecule is COc1ccc2c(C)c(CCC(=O)NCc3cccc(C(N)=O)c3)c(=O)oc2c1. The Kier molecular flexibility index (Phi) is 5.97. The number of methoxy groups -OCH3 is 1. The number of carbonyl (C=O) groups excluding carboxylic acids is 2. The summed E-state index contributed by atoms with van der Waals surface area (Å²) in [7, 11) is 1.54. The molecule has 0 radical (unpaired) electrons. The van der Waals surface area contributed by atoms with Crippen LogP contribution in [0.1, 0.15) is 33.5 Å². The summed E-state index contributed by atoms with van der Waals surface area (Å²) in [5.74, 6) is -0.120. The molecule has 0 aliphatic heterocycles. The van der Waals surface area contributed by atoms with Crippen LogP contribution in [0.5, 0.6) is 5.75 Å². The Balaban J connectivity index is 1.67. The van der Waals surface area contributed by atoms with Gasteiger partial charge in [0.25, 0.3) is 0 Å². The third-order valence-electron chi connectivity index (χ3n) is 4.80. The van der Waals surface area contributed by atoms with Crippen molar-refractivity contribution < 1.29 is 18.7 Å². The van der Waals surface area contributed by atoms with Gasteiger partial charge in [0.15, 0.2) is 0 Å². The Morgan fingerprint density at radius 1 is 1.17 bits per heavy atom. The number of rotatable bonds is 7. The Morgan fingerprint density at radius 3 is 2.69 bits per heavy atom. The lowest BCUT2D eigenvalue weighted by molar-refractivity contribution is -0.121. The molecule has 0 atom stereocenters. The Labute approximate surface area is 167 Å². The molecule has 0 aliphatic rings. The first-order valence-corrected chi connectivity index (χ1v) is 9.15. The fourth-order valence-electron chi connectivity index (χ4n) is 3.15. The predicted octanol–water partition coefficient (Wildman–Crippen LogP) is 2.46.